The maximum atomic E-state index is 5.98. The van der Waals surface area contributed by atoms with Gasteiger partial charge >= 0.3 is 0 Å². The molecule has 0 spiro atoms. The maximum Gasteiger partial charge on any atom is 0.225 e. The van der Waals surface area contributed by atoms with E-state index < -0.39 is 0 Å². The van der Waals surface area contributed by atoms with Crippen molar-refractivity contribution in [3.05, 3.63) is 11.1 Å². The molecule has 3 nitrogen and oxygen atoms in total. The van der Waals surface area contributed by atoms with Crippen LogP contribution in [0.2, 0.25) is 5.28 Å². The Hall–Kier alpha value is -0.570. The second-order valence-electron chi connectivity index (χ2n) is 5.13. The molecule has 0 bridgehead atoms. The molecule has 0 saturated heterocycles. The lowest BCUT2D eigenvalue weighted by molar-refractivity contribution is 0.335. The molecule has 0 aliphatic carbocycles. The zero-order valence-corrected chi connectivity index (χ0v) is 10.3. The van der Waals surface area contributed by atoms with Crippen LogP contribution in [0.3, 0.4) is 0 Å². The Balaban J connectivity index is 3.00. The predicted molar refractivity (Wildman–Crippen MR) is 58.6 cm³/mol. The fourth-order valence-corrected chi connectivity index (χ4v) is 1.53. The number of halogens is 1. The van der Waals surface area contributed by atoms with E-state index in [4.69, 9.17) is 11.6 Å². The van der Waals surface area contributed by atoms with Gasteiger partial charge < -0.3 is 4.57 Å². The highest BCUT2D eigenvalue weighted by Crippen LogP contribution is 2.23. The normalized spacial score (nSPS) is 12.5. The minimum atomic E-state index is 0.190. The average molecular weight is 216 g/mol. The summed E-state index contributed by atoms with van der Waals surface area (Å²) < 4.78 is 1.99. The van der Waals surface area contributed by atoms with Gasteiger partial charge in [0.25, 0.3) is 0 Å². The van der Waals surface area contributed by atoms with Gasteiger partial charge in [-0.3, -0.25) is 0 Å². The monoisotopic (exact) mass is 215 g/mol. The summed E-state index contributed by atoms with van der Waals surface area (Å²) >= 11 is 5.98. The van der Waals surface area contributed by atoms with Crippen molar-refractivity contribution in [2.75, 3.05) is 0 Å². The van der Waals surface area contributed by atoms with E-state index in [0.717, 1.165) is 12.4 Å². The molecule has 0 atom stereocenters. The zero-order chi connectivity index (χ0) is 10.9. The van der Waals surface area contributed by atoms with Crippen LogP contribution in [0.4, 0.5) is 0 Å². The smallest absolute Gasteiger partial charge is 0.225 e. The van der Waals surface area contributed by atoms with Gasteiger partial charge in [-0.25, -0.2) is 0 Å². The van der Waals surface area contributed by atoms with Crippen molar-refractivity contribution in [2.24, 2.45) is 5.41 Å². The van der Waals surface area contributed by atoms with Crippen LogP contribution in [-0.2, 0) is 6.54 Å². The summed E-state index contributed by atoms with van der Waals surface area (Å²) in [6, 6.07) is 0. The molecule has 0 amide bonds. The molecule has 0 radical (unpaired) electrons. The number of rotatable bonds is 2. The van der Waals surface area contributed by atoms with Crippen LogP contribution in [0.25, 0.3) is 0 Å². The minimum Gasteiger partial charge on any atom is -0.301 e. The highest BCUT2D eigenvalue weighted by atomic mass is 35.5. The van der Waals surface area contributed by atoms with Gasteiger partial charge in [0.1, 0.15) is 5.82 Å². The number of hydrogen-bond donors (Lipinski definition) is 0. The van der Waals surface area contributed by atoms with Crippen molar-refractivity contribution in [3.63, 3.8) is 0 Å². The second kappa shape index (κ2) is 3.89. The Labute approximate surface area is 90.5 Å². The molecule has 0 aliphatic heterocycles. The molecular formula is C10H18ClN3. The molecule has 1 rings (SSSR count). The SMILES string of the molecule is CC(C)c1nnc(Cl)n1CC(C)(C)C. The van der Waals surface area contributed by atoms with Crippen molar-refractivity contribution in [1.29, 1.82) is 0 Å². The molecule has 4 heteroatoms. The topological polar surface area (TPSA) is 30.7 Å². The average Bonchev–Trinajstić information content (AvgIpc) is 2.29. The Morgan fingerprint density at radius 2 is 1.86 bits per heavy atom. The number of nitrogens with zero attached hydrogens (tertiary/aromatic N) is 3. The van der Waals surface area contributed by atoms with Crippen LogP contribution in [0.15, 0.2) is 0 Å². The Kier molecular flexibility index (Phi) is 3.20. The van der Waals surface area contributed by atoms with Crippen LogP contribution in [0.1, 0.15) is 46.4 Å². The van der Waals surface area contributed by atoms with E-state index >= 15 is 0 Å². The van der Waals surface area contributed by atoms with E-state index in [0.29, 0.717) is 11.2 Å². The lowest BCUT2D eigenvalue weighted by atomic mass is 9.96. The summed E-state index contributed by atoms with van der Waals surface area (Å²) in [6.45, 7) is 11.6. The summed E-state index contributed by atoms with van der Waals surface area (Å²) in [7, 11) is 0. The molecule has 0 aromatic carbocycles. The Morgan fingerprint density at radius 3 is 2.29 bits per heavy atom. The molecule has 0 aliphatic rings. The summed E-state index contributed by atoms with van der Waals surface area (Å²) in [5.74, 6) is 1.32. The van der Waals surface area contributed by atoms with Crippen LogP contribution < -0.4 is 0 Å². The third-order valence-corrected chi connectivity index (χ3v) is 2.16. The summed E-state index contributed by atoms with van der Waals surface area (Å²) in [4.78, 5) is 0. The molecule has 1 heterocycles. The highest BCUT2D eigenvalue weighted by molar-refractivity contribution is 6.28. The largest absolute Gasteiger partial charge is 0.301 e. The first-order valence-electron chi connectivity index (χ1n) is 4.90. The molecule has 1 aromatic rings. The second-order valence-corrected chi connectivity index (χ2v) is 5.47. The van der Waals surface area contributed by atoms with Crippen molar-refractivity contribution in [2.45, 2.75) is 47.1 Å². The van der Waals surface area contributed by atoms with Gasteiger partial charge in [-0.2, -0.15) is 0 Å². The Bertz CT molecular complexity index is 310. The summed E-state index contributed by atoms with van der Waals surface area (Å²) in [5, 5.41) is 8.47. The van der Waals surface area contributed by atoms with Crippen molar-refractivity contribution < 1.29 is 0 Å². The quantitative estimate of drug-likeness (QED) is 0.759. The zero-order valence-electron chi connectivity index (χ0n) is 9.50. The number of aromatic nitrogens is 3. The van der Waals surface area contributed by atoms with Crippen molar-refractivity contribution in [3.8, 4) is 0 Å². The van der Waals surface area contributed by atoms with Crippen LogP contribution in [0.5, 0.6) is 0 Å². The first kappa shape index (κ1) is 11.5. The third-order valence-electron chi connectivity index (χ3n) is 1.88. The van der Waals surface area contributed by atoms with E-state index in [9.17, 15) is 0 Å². The predicted octanol–water partition coefficient (Wildman–Crippen LogP) is 3.10. The lowest BCUT2D eigenvalue weighted by Gasteiger charge is -2.21. The first-order valence-corrected chi connectivity index (χ1v) is 5.27. The summed E-state index contributed by atoms with van der Waals surface area (Å²) in [6.07, 6.45) is 0. The van der Waals surface area contributed by atoms with E-state index in [1.807, 2.05) is 4.57 Å². The van der Waals surface area contributed by atoms with Gasteiger partial charge in [0.2, 0.25) is 5.28 Å². The van der Waals surface area contributed by atoms with E-state index in [1.165, 1.54) is 0 Å². The van der Waals surface area contributed by atoms with Crippen LogP contribution >= 0.6 is 11.6 Å². The molecule has 0 saturated carbocycles. The molecular weight excluding hydrogens is 198 g/mol. The van der Waals surface area contributed by atoms with Gasteiger partial charge in [-0.1, -0.05) is 34.6 Å². The molecule has 0 N–H and O–H groups in total. The minimum absolute atomic E-state index is 0.190. The molecule has 0 fully saturated rings. The fourth-order valence-electron chi connectivity index (χ4n) is 1.34. The first-order chi connectivity index (χ1) is 6.31. The van der Waals surface area contributed by atoms with Gasteiger partial charge in [-0.05, 0) is 17.0 Å². The Morgan fingerprint density at radius 1 is 1.29 bits per heavy atom. The summed E-state index contributed by atoms with van der Waals surface area (Å²) in [5.41, 5.74) is 0.190. The molecule has 14 heavy (non-hydrogen) atoms. The molecule has 0 unspecified atom stereocenters. The van der Waals surface area contributed by atoms with Crippen molar-refractivity contribution >= 4 is 11.6 Å². The van der Waals surface area contributed by atoms with E-state index in [2.05, 4.69) is 44.8 Å². The van der Waals surface area contributed by atoms with E-state index in [-0.39, 0.29) is 5.41 Å². The molecule has 1 aromatic heterocycles. The van der Waals surface area contributed by atoms with Crippen molar-refractivity contribution in [1.82, 2.24) is 14.8 Å². The van der Waals surface area contributed by atoms with E-state index in [1.54, 1.807) is 0 Å². The van der Waals surface area contributed by atoms with Crippen LogP contribution in [-0.4, -0.2) is 14.8 Å². The highest BCUT2D eigenvalue weighted by Gasteiger charge is 2.19. The lowest BCUT2D eigenvalue weighted by Crippen LogP contribution is -2.18. The van der Waals surface area contributed by atoms with Gasteiger partial charge in [0.05, 0.1) is 0 Å². The number of hydrogen-bond acceptors (Lipinski definition) is 2. The molecule has 80 valence electrons. The van der Waals surface area contributed by atoms with Gasteiger partial charge in [-0.15, -0.1) is 10.2 Å². The fraction of sp³-hybridized carbons (Fsp3) is 0.800. The van der Waals surface area contributed by atoms with Gasteiger partial charge in [0, 0.05) is 12.5 Å². The third kappa shape index (κ3) is 2.71. The maximum absolute atomic E-state index is 5.98. The van der Waals surface area contributed by atoms with Gasteiger partial charge in [0.15, 0.2) is 0 Å². The van der Waals surface area contributed by atoms with Crippen LogP contribution in [0, 0.1) is 5.41 Å². The standard InChI is InChI=1S/C10H18ClN3/c1-7(2)8-12-13-9(11)14(8)6-10(3,4)5/h7H,6H2,1-5H3.